The minimum atomic E-state index is 0.616. The first kappa shape index (κ1) is 11.7. The summed E-state index contributed by atoms with van der Waals surface area (Å²) in [6.07, 6.45) is 3.96. The molecule has 3 heteroatoms. The van der Waals surface area contributed by atoms with Crippen molar-refractivity contribution in [3.05, 3.63) is 21.9 Å². The maximum atomic E-state index is 3.53. The highest BCUT2D eigenvalue weighted by Crippen LogP contribution is 2.36. The van der Waals surface area contributed by atoms with Crippen molar-refractivity contribution in [2.24, 2.45) is 5.41 Å². The summed E-state index contributed by atoms with van der Waals surface area (Å²) in [5, 5.41) is 3.53. The van der Waals surface area contributed by atoms with Gasteiger partial charge in [-0.3, -0.25) is 4.90 Å². The number of aryl methyl sites for hydroxylation is 1. The lowest BCUT2D eigenvalue weighted by Crippen LogP contribution is -2.28. The van der Waals surface area contributed by atoms with Gasteiger partial charge in [-0.1, -0.05) is 6.92 Å². The van der Waals surface area contributed by atoms with Crippen molar-refractivity contribution in [2.75, 3.05) is 26.2 Å². The Bertz CT molecular complexity index is 379. The molecule has 1 N–H and O–H groups in total. The van der Waals surface area contributed by atoms with E-state index in [1.807, 2.05) is 11.3 Å². The molecule has 2 aliphatic heterocycles. The molecule has 0 bridgehead atoms. The molecule has 2 aliphatic rings. The minimum absolute atomic E-state index is 0.616. The molecule has 0 aromatic carbocycles. The van der Waals surface area contributed by atoms with Crippen LogP contribution in [-0.2, 0) is 13.0 Å². The Morgan fingerprint density at radius 1 is 1.35 bits per heavy atom. The fourth-order valence-corrected chi connectivity index (χ4v) is 4.22. The number of nitrogens with one attached hydrogen (secondary N) is 1. The third-order valence-electron chi connectivity index (χ3n) is 4.29. The maximum absolute atomic E-state index is 3.53. The number of rotatable bonds is 3. The van der Waals surface area contributed by atoms with E-state index in [-0.39, 0.29) is 0 Å². The van der Waals surface area contributed by atoms with Crippen LogP contribution in [0, 0.1) is 5.41 Å². The number of hydrogen-bond acceptors (Lipinski definition) is 3. The largest absolute Gasteiger partial charge is 0.316 e. The summed E-state index contributed by atoms with van der Waals surface area (Å²) >= 11 is 1.99. The van der Waals surface area contributed by atoms with Gasteiger partial charge in [-0.2, -0.15) is 0 Å². The Morgan fingerprint density at radius 2 is 2.24 bits per heavy atom. The van der Waals surface area contributed by atoms with Crippen molar-refractivity contribution >= 4 is 11.3 Å². The van der Waals surface area contributed by atoms with Crippen LogP contribution in [0.2, 0.25) is 0 Å². The lowest BCUT2D eigenvalue weighted by Gasteiger charge is -2.22. The molecule has 94 valence electrons. The monoisotopic (exact) mass is 250 g/mol. The van der Waals surface area contributed by atoms with Gasteiger partial charge in [0, 0.05) is 29.4 Å². The van der Waals surface area contributed by atoms with Crippen molar-refractivity contribution in [1.82, 2.24) is 10.2 Å². The molecule has 1 unspecified atom stereocenters. The number of nitrogens with zero attached hydrogens (tertiary/aromatic N) is 1. The van der Waals surface area contributed by atoms with Gasteiger partial charge in [0.25, 0.3) is 0 Å². The van der Waals surface area contributed by atoms with Gasteiger partial charge in [0.2, 0.25) is 0 Å². The number of hydrogen-bond donors (Lipinski definition) is 1. The van der Waals surface area contributed by atoms with E-state index in [9.17, 15) is 0 Å². The summed E-state index contributed by atoms with van der Waals surface area (Å²) in [5.41, 5.74) is 0.616. The molecule has 2 saturated heterocycles. The fraction of sp³-hybridized carbons (Fsp3) is 0.714. The van der Waals surface area contributed by atoms with Crippen molar-refractivity contribution in [1.29, 1.82) is 0 Å². The van der Waals surface area contributed by atoms with E-state index in [4.69, 9.17) is 0 Å². The summed E-state index contributed by atoms with van der Waals surface area (Å²) in [7, 11) is 0. The van der Waals surface area contributed by atoms with Gasteiger partial charge in [-0.15, -0.1) is 11.3 Å². The van der Waals surface area contributed by atoms with Gasteiger partial charge in [-0.25, -0.2) is 0 Å². The average molecular weight is 250 g/mol. The average Bonchev–Trinajstić information content (AvgIpc) is 3.03. The highest BCUT2D eigenvalue weighted by molar-refractivity contribution is 7.11. The minimum Gasteiger partial charge on any atom is -0.316 e. The Balaban J connectivity index is 1.59. The lowest BCUT2D eigenvalue weighted by molar-refractivity contribution is 0.270. The van der Waals surface area contributed by atoms with Gasteiger partial charge in [0.15, 0.2) is 0 Å². The third-order valence-corrected chi connectivity index (χ3v) is 5.51. The molecule has 3 heterocycles. The molecule has 17 heavy (non-hydrogen) atoms. The smallest absolute Gasteiger partial charge is 0.0328 e. The zero-order chi connectivity index (χ0) is 11.7. The maximum Gasteiger partial charge on any atom is 0.0328 e. The predicted octanol–water partition coefficient (Wildman–Crippen LogP) is 2.50. The quantitative estimate of drug-likeness (QED) is 0.886. The molecule has 1 atom stereocenters. The summed E-state index contributed by atoms with van der Waals surface area (Å²) in [4.78, 5) is 5.72. The Kier molecular flexibility index (Phi) is 3.24. The van der Waals surface area contributed by atoms with Crippen LogP contribution in [0.25, 0.3) is 0 Å². The predicted molar refractivity (Wildman–Crippen MR) is 73.5 cm³/mol. The van der Waals surface area contributed by atoms with Crippen LogP contribution in [0.15, 0.2) is 12.1 Å². The summed E-state index contributed by atoms with van der Waals surface area (Å²) < 4.78 is 0. The SMILES string of the molecule is CCc1ccc(CN2CCC3(CCNC3)C2)s1. The summed E-state index contributed by atoms with van der Waals surface area (Å²) in [6, 6.07) is 4.62. The second kappa shape index (κ2) is 4.71. The topological polar surface area (TPSA) is 15.3 Å². The van der Waals surface area contributed by atoms with Crippen LogP contribution in [0.3, 0.4) is 0 Å². The van der Waals surface area contributed by atoms with E-state index in [1.165, 1.54) is 56.9 Å². The van der Waals surface area contributed by atoms with Crippen molar-refractivity contribution < 1.29 is 0 Å². The van der Waals surface area contributed by atoms with Crippen LogP contribution in [0.1, 0.15) is 29.5 Å². The lowest BCUT2D eigenvalue weighted by atomic mass is 9.87. The standard InChI is InChI=1S/C14H22N2S/c1-2-12-3-4-13(17-12)9-16-8-6-14(11-16)5-7-15-10-14/h3-4,15H,2,5-11H2,1H3. The molecule has 1 aromatic heterocycles. The van der Waals surface area contributed by atoms with Gasteiger partial charge < -0.3 is 5.32 Å². The number of likely N-dealkylation sites (tertiary alicyclic amines) is 1. The fourth-order valence-electron chi connectivity index (χ4n) is 3.22. The first-order valence-electron chi connectivity index (χ1n) is 6.80. The Labute approximate surface area is 108 Å². The normalized spacial score (nSPS) is 29.5. The van der Waals surface area contributed by atoms with E-state index >= 15 is 0 Å². The molecular weight excluding hydrogens is 228 g/mol. The van der Waals surface area contributed by atoms with E-state index < -0.39 is 0 Å². The van der Waals surface area contributed by atoms with Crippen LogP contribution < -0.4 is 5.32 Å². The molecule has 2 nitrogen and oxygen atoms in total. The first-order chi connectivity index (χ1) is 8.30. The van der Waals surface area contributed by atoms with E-state index in [0.717, 1.165) is 0 Å². The van der Waals surface area contributed by atoms with E-state index in [0.29, 0.717) is 5.41 Å². The molecule has 1 spiro atoms. The Morgan fingerprint density at radius 3 is 2.94 bits per heavy atom. The molecule has 3 rings (SSSR count). The third kappa shape index (κ3) is 2.42. The zero-order valence-corrected chi connectivity index (χ0v) is 11.5. The van der Waals surface area contributed by atoms with Gasteiger partial charge >= 0.3 is 0 Å². The zero-order valence-electron chi connectivity index (χ0n) is 10.7. The highest BCUT2D eigenvalue weighted by Gasteiger charge is 2.40. The molecule has 0 saturated carbocycles. The van der Waals surface area contributed by atoms with E-state index in [1.54, 1.807) is 4.88 Å². The number of thiophene rings is 1. The molecule has 0 radical (unpaired) electrons. The molecule has 1 aromatic rings. The van der Waals surface area contributed by atoms with E-state index in [2.05, 4.69) is 29.3 Å². The van der Waals surface area contributed by atoms with Crippen molar-refractivity contribution in [2.45, 2.75) is 32.7 Å². The van der Waals surface area contributed by atoms with Gasteiger partial charge in [0.05, 0.1) is 0 Å². The van der Waals surface area contributed by atoms with Crippen molar-refractivity contribution in [3.63, 3.8) is 0 Å². The summed E-state index contributed by atoms with van der Waals surface area (Å²) in [6.45, 7) is 8.48. The molecule has 2 fully saturated rings. The van der Waals surface area contributed by atoms with Crippen molar-refractivity contribution in [3.8, 4) is 0 Å². The Hall–Kier alpha value is -0.380. The first-order valence-corrected chi connectivity index (χ1v) is 7.62. The molecular formula is C14H22N2S. The summed E-state index contributed by atoms with van der Waals surface area (Å²) in [5.74, 6) is 0. The van der Waals surface area contributed by atoms with Gasteiger partial charge in [-0.05, 0) is 49.9 Å². The van der Waals surface area contributed by atoms with Crippen LogP contribution >= 0.6 is 11.3 Å². The second-order valence-corrected chi connectivity index (χ2v) is 6.86. The molecule has 0 aliphatic carbocycles. The molecule has 0 amide bonds. The van der Waals surface area contributed by atoms with Crippen LogP contribution in [0.4, 0.5) is 0 Å². The second-order valence-electron chi connectivity index (χ2n) is 5.61. The van der Waals surface area contributed by atoms with Gasteiger partial charge in [0.1, 0.15) is 0 Å². The highest BCUT2D eigenvalue weighted by atomic mass is 32.1. The van der Waals surface area contributed by atoms with Crippen LogP contribution in [0.5, 0.6) is 0 Å². The van der Waals surface area contributed by atoms with Crippen LogP contribution in [-0.4, -0.2) is 31.1 Å².